The van der Waals surface area contributed by atoms with E-state index >= 15 is 0 Å². The first-order chi connectivity index (χ1) is 6.40. The quantitative estimate of drug-likeness (QED) is 0.493. The molecule has 0 spiro atoms. The maximum atomic E-state index is 10.9. The average Bonchev–Trinajstić information content (AvgIpc) is 2.04. The van der Waals surface area contributed by atoms with E-state index in [0.29, 0.717) is 6.42 Å². The molecule has 0 amide bonds. The van der Waals surface area contributed by atoms with Gasteiger partial charge in [-0.25, -0.2) is 4.79 Å². The van der Waals surface area contributed by atoms with Crippen LogP contribution in [0.15, 0.2) is 0 Å². The predicted octanol–water partition coefficient (Wildman–Crippen LogP) is 2.63. The Morgan fingerprint density at radius 1 is 1.36 bits per heavy atom. The summed E-state index contributed by atoms with van der Waals surface area (Å²) < 4.78 is 0. The van der Waals surface area contributed by atoms with Crippen molar-refractivity contribution < 1.29 is 19.6 Å². The minimum atomic E-state index is -0.466. The van der Waals surface area contributed by atoms with Gasteiger partial charge in [-0.2, -0.15) is 4.89 Å². The van der Waals surface area contributed by atoms with E-state index in [0.717, 1.165) is 6.42 Å². The molecule has 0 unspecified atom stereocenters. The van der Waals surface area contributed by atoms with E-state index in [1.165, 1.54) is 0 Å². The van der Waals surface area contributed by atoms with Crippen molar-refractivity contribution in [3.63, 3.8) is 0 Å². The van der Waals surface area contributed by atoms with Crippen molar-refractivity contribution in [2.75, 3.05) is 0 Å². The van der Waals surface area contributed by atoms with Crippen molar-refractivity contribution in [3.05, 3.63) is 0 Å². The largest absolute Gasteiger partial charge is 0.345 e. The molecule has 0 heterocycles. The average molecular weight is 204 g/mol. The number of hydrogen-bond donors (Lipinski definition) is 0. The van der Waals surface area contributed by atoms with Gasteiger partial charge in [0.25, 0.3) is 0 Å². The lowest BCUT2D eigenvalue weighted by atomic mass is 9.95. The molecule has 84 valence electrons. The fourth-order valence-electron chi connectivity index (χ4n) is 0.485. The van der Waals surface area contributed by atoms with E-state index in [4.69, 9.17) is 4.89 Å². The molecule has 0 aliphatic heterocycles. The van der Waals surface area contributed by atoms with Crippen LogP contribution in [0.1, 0.15) is 47.5 Å². The van der Waals surface area contributed by atoms with Gasteiger partial charge >= 0.3 is 5.97 Å². The van der Waals surface area contributed by atoms with Crippen molar-refractivity contribution in [1.82, 2.24) is 0 Å². The Balaban J connectivity index is 3.68. The van der Waals surface area contributed by atoms with Crippen molar-refractivity contribution in [2.45, 2.75) is 53.1 Å². The Bertz CT molecular complexity index is 175. The molecule has 0 aromatic heterocycles. The summed E-state index contributed by atoms with van der Waals surface area (Å²) in [7, 11) is 0. The summed E-state index contributed by atoms with van der Waals surface area (Å²) in [6.45, 7) is 9.62. The molecule has 0 saturated carbocycles. The van der Waals surface area contributed by atoms with Gasteiger partial charge in [0.1, 0.15) is 5.60 Å². The number of carbonyl (C=O) groups excluding carboxylic acids is 1. The molecular weight excluding hydrogens is 184 g/mol. The van der Waals surface area contributed by atoms with Crippen LogP contribution in [-0.2, 0) is 19.6 Å². The van der Waals surface area contributed by atoms with E-state index in [1.807, 2.05) is 34.6 Å². The van der Waals surface area contributed by atoms with Crippen LogP contribution >= 0.6 is 0 Å². The van der Waals surface area contributed by atoms with Crippen LogP contribution in [0.25, 0.3) is 0 Å². The molecule has 0 aromatic carbocycles. The highest BCUT2D eigenvalue weighted by Crippen LogP contribution is 2.20. The van der Waals surface area contributed by atoms with E-state index in [1.54, 1.807) is 0 Å². The third kappa shape index (κ3) is 5.19. The second-order valence-electron chi connectivity index (χ2n) is 4.11. The van der Waals surface area contributed by atoms with Gasteiger partial charge in [-0.1, -0.05) is 20.8 Å². The molecule has 4 nitrogen and oxygen atoms in total. The highest BCUT2D eigenvalue weighted by atomic mass is 17.5. The topological polar surface area (TPSA) is 44.8 Å². The number of carbonyl (C=O) groups is 1. The van der Waals surface area contributed by atoms with Gasteiger partial charge in [-0.05, 0) is 31.2 Å². The zero-order chi connectivity index (χ0) is 11.2. The van der Waals surface area contributed by atoms with E-state index in [9.17, 15) is 4.79 Å². The summed E-state index contributed by atoms with van der Waals surface area (Å²) in [5.74, 6) is -0.139. The van der Waals surface area contributed by atoms with Crippen LogP contribution in [-0.4, -0.2) is 11.6 Å². The van der Waals surface area contributed by atoms with Crippen LogP contribution in [0.5, 0.6) is 0 Å². The summed E-state index contributed by atoms with van der Waals surface area (Å²) in [6.07, 6.45) is 1.07. The Labute approximate surface area is 85.4 Å². The molecule has 4 heteroatoms. The maximum absolute atomic E-state index is 10.9. The predicted molar refractivity (Wildman–Crippen MR) is 52.1 cm³/mol. The van der Waals surface area contributed by atoms with Crippen LogP contribution in [0.2, 0.25) is 0 Å². The fraction of sp³-hybridized carbons (Fsp3) is 0.900. The Morgan fingerprint density at radius 2 is 1.93 bits per heavy atom. The van der Waals surface area contributed by atoms with Crippen molar-refractivity contribution in [3.8, 4) is 0 Å². The fourth-order valence-corrected chi connectivity index (χ4v) is 0.485. The molecule has 0 N–H and O–H groups in total. The zero-order valence-corrected chi connectivity index (χ0v) is 9.62. The lowest BCUT2D eigenvalue weighted by molar-refractivity contribution is -0.520. The van der Waals surface area contributed by atoms with Gasteiger partial charge in [0, 0.05) is 6.42 Å². The second kappa shape index (κ2) is 5.98. The lowest BCUT2D eigenvalue weighted by Crippen LogP contribution is -2.31. The minimum Gasteiger partial charge on any atom is -0.269 e. The van der Waals surface area contributed by atoms with E-state index < -0.39 is 11.6 Å². The van der Waals surface area contributed by atoms with Crippen LogP contribution in [0.3, 0.4) is 0 Å². The summed E-state index contributed by atoms with van der Waals surface area (Å²) in [6, 6.07) is 0. The summed E-state index contributed by atoms with van der Waals surface area (Å²) in [4.78, 5) is 20.2. The Kier molecular flexibility index (Phi) is 5.72. The highest BCUT2D eigenvalue weighted by molar-refractivity contribution is 5.68. The molecule has 0 radical (unpaired) electrons. The van der Waals surface area contributed by atoms with Gasteiger partial charge < -0.3 is 0 Å². The molecule has 0 rings (SSSR count). The smallest absolute Gasteiger partial charge is 0.269 e. The highest BCUT2D eigenvalue weighted by Gasteiger charge is 2.25. The SMILES string of the molecule is CCCC(=O)OOOC(C)(C)C(C)C. The molecule has 0 aliphatic rings. The summed E-state index contributed by atoms with van der Waals surface area (Å²) >= 11 is 0. The molecule has 0 saturated heterocycles. The van der Waals surface area contributed by atoms with Crippen LogP contribution in [0.4, 0.5) is 0 Å². The monoisotopic (exact) mass is 204 g/mol. The van der Waals surface area contributed by atoms with Crippen LogP contribution in [0, 0.1) is 5.92 Å². The molecular formula is C10H20O4. The molecule has 0 fully saturated rings. The van der Waals surface area contributed by atoms with E-state index in [-0.39, 0.29) is 5.92 Å². The number of hydrogen-bond acceptors (Lipinski definition) is 4. The molecule has 0 aliphatic carbocycles. The van der Waals surface area contributed by atoms with Gasteiger partial charge in [-0.3, -0.25) is 4.89 Å². The number of rotatable bonds is 6. The Morgan fingerprint density at radius 3 is 2.36 bits per heavy atom. The third-order valence-electron chi connectivity index (χ3n) is 2.22. The zero-order valence-electron chi connectivity index (χ0n) is 9.62. The summed E-state index contributed by atoms with van der Waals surface area (Å²) in [5, 5.41) is 4.42. The molecule has 0 aromatic rings. The molecule has 0 atom stereocenters. The lowest BCUT2D eigenvalue weighted by Gasteiger charge is -2.25. The van der Waals surface area contributed by atoms with Gasteiger partial charge in [0.15, 0.2) is 0 Å². The van der Waals surface area contributed by atoms with E-state index in [2.05, 4.69) is 9.93 Å². The first-order valence-corrected chi connectivity index (χ1v) is 4.95. The minimum absolute atomic E-state index is 0.271. The Hall–Kier alpha value is -0.610. The normalized spacial score (nSPS) is 11.9. The first kappa shape index (κ1) is 13.4. The second-order valence-corrected chi connectivity index (χ2v) is 4.11. The van der Waals surface area contributed by atoms with Crippen LogP contribution < -0.4 is 0 Å². The molecule has 14 heavy (non-hydrogen) atoms. The van der Waals surface area contributed by atoms with Gasteiger partial charge in [0.2, 0.25) is 0 Å². The van der Waals surface area contributed by atoms with Crippen molar-refractivity contribution in [1.29, 1.82) is 0 Å². The standard InChI is InChI=1S/C10H20O4/c1-6-7-9(11)12-14-13-10(4,5)8(2)3/h8H,6-7H2,1-5H3. The van der Waals surface area contributed by atoms with Gasteiger partial charge in [-0.15, -0.1) is 0 Å². The van der Waals surface area contributed by atoms with Gasteiger partial charge in [0.05, 0.1) is 0 Å². The third-order valence-corrected chi connectivity index (χ3v) is 2.22. The van der Waals surface area contributed by atoms with Crippen molar-refractivity contribution in [2.24, 2.45) is 5.92 Å². The maximum Gasteiger partial charge on any atom is 0.345 e. The summed E-state index contributed by atoms with van der Waals surface area (Å²) in [5.41, 5.74) is -0.466. The van der Waals surface area contributed by atoms with Crippen molar-refractivity contribution >= 4 is 5.97 Å². The molecule has 0 bridgehead atoms. The first-order valence-electron chi connectivity index (χ1n) is 4.95.